The molecule has 0 aliphatic carbocycles. The van der Waals surface area contributed by atoms with Gasteiger partial charge in [-0.1, -0.05) is 18.2 Å². The van der Waals surface area contributed by atoms with Crippen LogP contribution in [0.5, 0.6) is 11.5 Å². The van der Waals surface area contributed by atoms with E-state index in [-0.39, 0.29) is 13.2 Å². The number of amides is 1. The third kappa shape index (κ3) is 5.81. The lowest BCUT2D eigenvalue weighted by Gasteiger charge is -2.11. The van der Waals surface area contributed by atoms with Gasteiger partial charge in [-0.3, -0.25) is 4.79 Å². The highest BCUT2D eigenvalue weighted by molar-refractivity contribution is 5.93. The third-order valence-corrected chi connectivity index (χ3v) is 3.65. The number of hydrogen-bond acceptors (Lipinski definition) is 5. The summed E-state index contributed by atoms with van der Waals surface area (Å²) >= 11 is 0. The smallest absolute Gasteiger partial charge is 0.344 e. The van der Waals surface area contributed by atoms with Crippen LogP contribution in [0.4, 0.5) is 5.69 Å². The Morgan fingerprint density at radius 3 is 2.27 bits per heavy atom. The predicted octanol–water partition coefficient (Wildman–Crippen LogP) is 3.26. The highest BCUT2D eigenvalue weighted by Gasteiger charge is 2.11. The van der Waals surface area contributed by atoms with Crippen molar-refractivity contribution in [2.24, 2.45) is 0 Å². The Morgan fingerprint density at radius 1 is 0.923 bits per heavy atom. The first-order chi connectivity index (χ1) is 12.5. The van der Waals surface area contributed by atoms with Crippen molar-refractivity contribution in [2.45, 2.75) is 20.8 Å². The Kier molecular flexibility index (Phi) is 7.02. The maximum atomic E-state index is 11.9. The minimum atomic E-state index is -0.633. The number of hydrogen-bond donors (Lipinski definition) is 1. The number of rotatable bonds is 8. The van der Waals surface area contributed by atoms with Gasteiger partial charge in [0.05, 0.1) is 6.61 Å². The number of benzene rings is 2. The fourth-order valence-corrected chi connectivity index (χ4v) is 2.18. The van der Waals surface area contributed by atoms with Crippen LogP contribution in [0.1, 0.15) is 18.1 Å². The van der Waals surface area contributed by atoms with Crippen LogP contribution in [0.25, 0.3) is 0 Å². The van der Waals surface area contributed by atoms with Gasteiger partial charge in [-0.2, -0.15) is 0 Å². The van der Waals surface area contributed by atoms with Gasteiger partial charge in [-0.15, -0.1) is 0 Å². The lowest BCUT2D eigenvalue weighted by Crippen LogP contribution is -2.23. The van der Waals surface area contributed by atoms with Crippen LogP contribution in [0.15, 0.2) is 42.5 Å². The molecule has 0 aliphatic heterocycles. The van der Waals surface area contributed by atoms with Gasteiger partial charge in [0.2, 0.25) is 0 Å². The molecular weight excluding hydrogens is 334 g/mol. The van der Waals surface area contributed by atoms with Crippen LogP contribution in [-0.4, -0.2) is 31.7 Å². The van der Waals surface area contributed by atoms with Crippen molar-refractivity contribution in [1.82, 2.24) is 0 Å². The van der Waals surface area contributed by atoms with E-state index in [0.717, 1.165) is 11.1 Å². The summed E-state index contributed by atoms with van der Waals surface area (Å²) < 4.78 is 15.7. The van der Waals surface area contributed by atoms with Gasteiger partial charge in [-0.05, 0) is 56.2 Å². The molecule has 2 aromatic carbocycles. The maximum Gasteiger partial charge on any atom is 0.344 e. The molecule has 138 valence electrons. The fourth-order valence-electron chi connectivity index (χ4n) is 2.18. The fraction of sp³-hybridized carbons (Fsp3) is 0.300. The zero-order chi connectivity index (χ0) is 18.9. The first-order valence-corrected chi connectivity index (χ1v) is 8.37. The second kappa shape index (κ2) is 9.46. The second-order valence-corrected chi connectivity index (χ2v) is 5.68. The Balaban J connectivity index is 1.78. The Labute approximate surface area is 153 Å². The molecule has 0 spiro atoms. The molecule has 0 fully saturated rings. The van der Waals surface area contributed by atoms with Gasteiger partial charge < -0.3 is 19.5 Å². The van der Waals surface area contributed by atoms with E-state index in [1.165, 1.54) is 0 Å². The summed E-state index contributed by atoms with van der Waals surface area (Å²) in [5.41, 5.74) is 2.87. The highest BCUT2D eigenvalue weighted by Crippen LogP contribution is 2.26. The van der Waals surface area contributed by atoms with Gasteiger partial charge in [0.1, 0.15) is 0 Å². The van der Waals surface area contributed by atoms with E-state index >= 15 is 0 Å². The Bertz CT molecular complexity index is 773. The molecule has 1 amide bonds. The summed E-state index contributed by atoms with van der Waals surface area (Å²) in [6, 6.07) is 12.6. The van der Waals surface area contributed by atoms with Crippen LogP contribution in [0, 0.1) is 13.8 Å². The van der Waals surface area contributed by atoms with E-state index in [9.17, 15) is 9.59 Å². The molecule has 1 N–H and O–H groups in total. The molecule has 2 aromatic rings. The average Bonchev–Trinajstić information content (AvgIpc) is 2.62. The van der Waals surface area contributed by atoms with Crippen molar-refractivity contribution in [3.63, 3.8) is 0 Å². The van der Waals surface area contributed by atoms with Gasteiger partial charge >= 0.3 is 5.97 Å². The minimum Gasteiger partial charge on any atom is -0.490 e. The number of anilines is 1. The molecular formula is C20H23NO5. The average molecular weight is 357 g/mol. The van der Waals surface area contributed by atoms with Crippen molar-refractivity contribution in [2.75, 3.05) is 25.1 Å². The Hall–Kier alpha value is -3.02. The van der Waals surface area contributed by atoms with Gasteiger partial charge in [0, 0.05) is 5.69 Å². The van der Waals surface area contributed by atoms with E-state index in [4.69, 9.17) is 14.2 Å². The second-order valence-electron chi connectivity index (χ2n) is 5.68. The van der Waals surface area contributed by atoms with E-state index in [0.29, 0.717) is 23.8 Å². The third-order valence-electron chi connectivity index (χ3n) is 3.65. The van der Waals surface area contributed by atoms with Crippen molar-refractivity contribution in [3.05, 3.63) is 53.6 Å². The molecule has 0 saturated heterocycles. The Morgan fingerprint density at radius 2 is 1.62 bits per heavy atom. The largest absolute Gasteiger partial charge is 0.490 e. The highest BCUT2D eigenvalue weighted by atomic mass is 16.6. The van der Waals surface area contributed by atoms with Crippen molar-refractivity contribution in [3.8, 4) is 11.5 Å². The number of esters is 1. The molecule has 0 aromatic heterocycles. The first-order valence-electron chi connectivity index (χ1n) is 8.37. The minimum absolute atomic E-state index is 0.305. The summed E-state index contributed by atoms with van der Waals surface area (Å²) in [5, 5.41) is 2.69. The zero-order valence-electron chi connectivity index (χ0n) is 15.2. The number of nitrogens with one attached hydrogen (secondary N) is 1. The molecule has 0 aliphatic rings. The quantitative estimate of drug-likeness (QED) is 0.734. The molecule has 0 atom stereocenters. The van der Waals surface area contributed by atoms with Crippen LogP contribution < -0.4 is 14.8 Å². The van der Waals surface area contributed by atoms with Crippen molar-refractivity contribution < 1.29 is 23.8 Å². The molecule has 6 nitrogen and oxygen atoms in total. The topological polar surface area (TPSA) is 73.9 Å². The lowest BCUT2D eigenvalue weighted by molar-refractivity contribution is -0.149. The van der Waals surface area contributed by atoms with E-state index < -0.39 is 11.9 Å². The van der Waals surface area contributed by atoms with E-state index in [1.54, 1.807) is 24.3 Å². The summed E-state index contributed by atoms with van der Waals surface area (Å²) in [5.74, 6) is -0.0379. The molecule has 0 saturated carbocycles. The summed E-state index contributed by atoms with van der Waals surface area (Å²) in [4.78, 5) is 23.7. The summed E-state index contributed by atoms with van der Waals surface area (Å²) in [6.45, 7) is 5.63. The SMILES string of the molecule is CCOc1ccccc1OCC(=O)OCC(=O)Nc1ccc(C)c(C)c1. The molecule has 2 rings (SSSR count). The monoisotopic (exact) mass is 357 g/mol. The number of carbonyl (C=O) groups is 2. The van der Waals surface area contributed by atoms with Crippen molar-refractivity contribution >= 4 is 17.6 Å². The molecule has 0 heterocycles. The van der Waals surface area contributed by atoms with E-state index in [1.807, 2.05) is 39.0 Å². The molecule has 0 radical (unpaired) electrons. The van der Waals surface area contributed by atoms with Gasteiger partial charge in [0.15, 0.2) is 24.7 Å². The van der Waals surface area contributed by atoms with Crippen LogP contribution in [0.3, 0.4) is 0 Å². The van der Waals surface area contributed by atoms with Crippen LogP contribution in [-0.2, 0) is 14.3 Å². The maximum absolute atomic E-state index is 11.9. The number of ether oxygens (including phenoxy) is 3. The van der Waals surface area contributed by atoms with E-state index in [2.05, 4.69) is 5.32 Å². The molecule has 26 heavy (non-hydrogen) atoms. The van der Waals surface area contributed by atoms with Crippen molar-refractivity contribution in [1.29, 1.82) is 0 Å². The predicted molar refractivity (Wildman–Crippen MR) is 98.6 cm³/mol. The van der Waals surface area contributed by atoms with Gasteiger partial charge in [-0.25, -0.2) is 4.79 Å². The molecule has 0 bridgehead atoms. The summed E-state index contributed by atoms with van der Waals surface area (Å²) in [7, 11) is 0. The standard InChI is InChI=1S/C20H23NO5/c1-4-24-17-7-5-6-8-18(17)25-13-20(23)26-12-19(22)21-16-10-9-14(2)15(3)11-16/h5-11H,4,12-13H2,1-3H3,(H,21,22). The number of para-hydroxylation sites is 2. The van der Waals surface area contributed by atoms with Crippen LogP contribution >= 0.6 is 0 Å². The normalized spacial score (nSPS) is 10.1. The van der Waals surface area contributed by atoms with Crippen LogP contribution in [0.2, 0.25) is 0 Å². The van der Waals surface area contributed by atoms with Gasteiger partial charge in [0.25, 0.3) is 5.91 Å². The number of aryl methyl sites for hydroxylation is 2. The summed E-state index contributed by atoms with van der Waals surface area (Å²) in [6.07, 6.45) is 0. The lowest BCUT2D eigenvalue weighted by atomic mass is 10.1. The molecule has 6 heteroatoms. The zero-order valence-corrected chi connectivity index (χ0v) is 15.2. The molecule has 0 unspecified atom stereocenters. The number of carbonyl (C=O) groups excluding carboxylic acids is 2. The first kappa shape index (κ1) is 19.3.